The van der Waals surface area contributed by atoms with Gasteiger partial charge in [-0.05, 0) is 6.07 Å². The molecule has 0 saturated heterocycles. The van der Waals surface area contributed by atoms with Crippen molar-refractivity contribution in [1.29, 1.82) is 0 Å². The van der Waals surface area contributed by atoms with E-state index in [2.05, 4.69) is 9.98 Å². The van der Waals surface area contributed by atoms with E-state index in [-0.39, 0.29) is 11.6 Å². The summed E-state index contributed by atoms with van der Waals surface area (Å²) in [4.78, 5) is 17.7. The molecule has 0 radical (unpaired) electrons. The summed E-state index contributed by atoms with van der Waals surface area (Å²) in [7, 11) is 0. The van der Waals surface area contributed by atoms with Gasteiger partial charge in [0.05, 0.1) is 11.3 Å². The molecule has 9 heteroatoms. The van der Waals surface area contributed by atoms with Crippen LogP contribution in [-0.2, 0) is 0 Å². The third-order valence-corrected chi connectivity index (χ3v) is 1.77. The van der Waals surface area contributed by atoms with E-state index in [4.69, 9.17) is 27.4 Å². The number of nitrogens with zero attached hydrogens (tertiary/aromatic N) is 2. The van der Waals surface area contributed by atoms with E-state index in [1.807, 2.05) is 0 Å². The summed E-state index contributed by atoms with van der Waals surface area (Å²) in [6, 6.07) is 1.41. The summed E-state index contributed by atoms with van der Waals surface area (Å²) in [6.07, 6.45) is 0. The summed E-state index contributed by atoms with van der Waals surface area (Å²) in [5.41, 5.74) is 14.6. The number of aromatic carboxylic acids is 1. The van der Waals surface area contributed by atoms with Gasteiger partial charge in [0.1, 0.15) is 0 Å². The van der Waals surface area contributed by atoms with Gasteiger partial charge in [0.15, 0.2) is 17.5 Å². The molecule has 0 bridgehead atoms. The fourth-order valence-electron chi connectivity index (χ4n) is 1.10. The molecule has 0 aliphatic heterocycles. The lowest BCUT2D eigenvalue weighted by molar-refractivity contribution is 0.0697. The topological polar surface area (TPSA) is 160 Å². The predicted octanol–water partition coefficient (Wildman–Crippen LogP) is -0.551. The number of hydrogen-bond donors (Lipinski definition) is 5. The smallest absolute Gasteiger partial charge is 0.338 e. The van der Waals surface area contributed by atoms with E-state index in [9.17, 15) is 9.18 Å². The van der Waals surface area contributed by atoms with Gasteiger partial charge < -0.3 is 27.4 Å². The number of hydrogen-bond acceptors (Lipinski definition) is 3. The monoisotopic (exact) mass is 255 g/mol. The Morgan fingerprint density at radius 1 is 1.28 bits per heavy atom. The molecule has 0 aliphatic rings. The highest BCUT2D eigenvalue weighted by atomic mass is 19.1. The first-order valence-corrected chi connectivity index (χ1v) is 4.51. The number of aromatic hydroxyl groups is 1. The summed E-state index contributed by atoms with van der Waals surface area (Å²) >= 11 is 0. The number of aliphatic imine (C=N–C) groups is 2. The number of phenolic OH excluding ortho intramolecular Hbond substituents is 1. The van der Waals surface area contributed by atoms with Gasteiger partial charge in [-0.3, -0.25) is 0 Å². The quantitative estimate of drug-likeness (QED) is 0.352. The largest absolute Gasteiger partial charge is 0.505 e. The number of carboxylic acids is 1. The lowest BCUT2D eigenvalue weighted by atomic mass is 10.1. The fourth-order valence-corrected chi connectivity index (χ4v) is 1.10. The molecular weight excluding hydrogens is 245 g/mol. The zero-order valence-electron chi connectivity index (χ0n) is 8.96. The van der Waals surface area contributed by atoms with Crippen LogP contribution in [0.25, 0.3) is 0 Å². The number of carboxylic acid groups (broad SMARTS) is 1. The number of benzene rings is 1. The van der Waals surface area contributed by atoms with Crippen LogP contribution >= 0.6 is 0 Å². The second-order valence-electron chi connectivity index (χ2n) is 3.13. The van der Waals surface area contributed by atoms with E-state index in [1.54, 1.807) is 0 Å². The van der Waals surface area contributed by atoms with Gasteiger partial charge in [-0.1, -0.05) is 0 Å². The van der Waals surface area contributed by atoms with Crippen LogP contribution in [0.1, 0.15) is 10.4 Å². The van der Waals surface area contributed by atoms with Crippen molar-refractivity contribution < 1.29 is 19.4 Å². The van der Waals surface area contributed by atoms with Crippen LogP contribution in [0.3, 0.4) is 0 Å². The molecule has 0 fully saturated rings. The molecule has 8 N–H and O–H groups in total. The molecule has 0 heterocycles. The third kappa shape index (κ3) is 3.07. The number of rotatable bonds is 2. The van der Waals surface area contributed by atoms with Crippen LogP contribution < -0.4 is 17.2 Å². The molecule has 0 atom stereocenters. The number of halogens is 1. The van der Waals surface area contributed by atoms with Gasteiger partial charge >= 0.3 is 5.97 Å². The molecule has 1 aromatic carbocycles. The lowest BCUT2D eigenvalue weighted by Gasteiger charge is -2.03. The van der Waals surface area contributed by atoms with Crippen molar-refractivity contribution in [3.8, 4) is 5.75 Å². The van der Waals surface area contributed by atoms with E-state index in [1.165, 1.54) is 0 Å². The fraction of sp³-hybridized carbons (Fsp3) is 0. The third-order valence-electron chi connectivity index (χ3n) is 1.77. The standard InChI is InChI=1S/C9H10FN5O3/c10-4-2-5(14-9(13)15-8(11)12)3(7(17)18)1-6(4)16/h1-2,16H,(H,17,18)(H6,11,12,13,14,15). The maximum atomic E-state index is 13.1. The van der Waals surface area contributed by atoms with Gasteiger partial charge in [0.2, 0.25) is 5.96 Å². The molecule has 0 amide bonds. The molecule has 0 spiro atoms. The van der Waals surface area contributed by atoms with Crippen molar-refractivity contribution in [3.63, 3.8) is 0 Å². The summed E-state index contributed by atoms with van der Waals surface area (Å²) in [6.45, 7) is 0. The van der Waals surface area contributed by atoms with Crippen molar-refractivity contribution in [2.45, 2.75) is 0 Å². The SMILES string of the molecule is NC(N)=NC(N)=Nc1cc(F)c(O)cc1C(=O)O. The first kappa shape index (κ1) is 13.2. The second kappa shape index (κ2) is 4.99. The summed E-state index contributed by atoms with van der Waals surface area (Å²) in [5, 5.41) is 17.9. The minimum Gasteiger partial charge on any atom is -0.505 e. The van der Waals surface area contributed by atoms with Crippen molar-refractivity contribution in [2.24, 2.45) is 27.2 Å². The molecule has 0 aromatic heterocycles. The van der Waals surface area contributed by atoms with E-state index >= 15 is 0 Å². The van der Waals surface area contributed by atoms with Crippen LogP contribution in [-0.4, -0.2) is 28.1 Å². The molecule has 0 unspecified atom stereocenters. The highest BCUT2D eigenvalue weighted by Crippen LogP contribution is 2.27. The van der Waals surface area contributed by atoms with Crippen LogP contribution in [0.2, 0.25) is 0 Å². The first-order valence-electron chi connectivity index (χ1n) is 4.51. The number of nitrogens with two attached hydrogens (primary N) is 3. The molecule has 0 saturated carbocycles. The minimum atomic E-state index is -1.42. The number of carbonyl (C=O) groups is 1. The van der Waals surface area contributed by atoms with Crippen molar-refractivity contribution in [1.82, 2.24) is 0 Å². The summed E-state index contributed by atoms with van der Waals surface area (Å²) in [5.74, 6) is -4.10. The molecule has 1 rings (SSSR count). The Balaban J connectivity index is 3.36. The molecule has 18 heavy (non-hydrogen) atoms. The molecule has 0 aliphatic carbocycles. The van der Waals surface area contributed by atoms with Crippen molar-refractivity contribution in [2.75, 3.05) is 0 Å². The second-order valence-corrected chi connectivity index (χ2v) is 3.13. The van der Waals surface area contributed by atoms with Crippen LogP contribution in [0.15, 0.2) is 22.1 Å². The summed E-state index contributed by atoms with van der Waals surface area (Å²) < 4.78 is 13.1. The van der Waals surface area contributed by atoms with Gasteiger partial charge in [0, 0.05) is 6.07 Å². The average Bonchev–Trinajstić information content (AvgIpc) is 2.21. The average molecular weight is 255 g/mol. The molecule has 96 valence electrons. The van der Waals surface area contributed by atoms with Gasteiger partial charge in [-0.25, -0.2) is 14.2 Å². The maximum absolute atomic E-state index is 13.1. The Labute approximate surface area is 100 Å². The van der Waals surface area contributed by atoms with Crippen LogP contribution in [0.5, 0.6) is 5.75 Å². The van der Waals surface area contributed by atoms with Crippen LogP contribution in [0, 0.1) is 5.82 Å². The Hall–Kier alpha value is -2.84. The van der Waals surface area contributed by atoms with Gasteiger partial charge in [0.25, 0.3) is 0 Å². The first-order chi connectivity index (χ1) is 8.31. The zero-order valence-corrected chi connectivity index (χ0v) is 8.96. The Kier molecular flexibility index (Phi) is 3.67. The van der Waals surface area contributed by atoms with E-state index in [0.717, 1.165) is 0 Å². The van der Waals surface area contributed by atoms with E-state index in [0.29, 0.717) is 12.1 Å². The lowest BCUT2D eigenvalue weighted by Crippen LogP contribution is -2.26. The normalized spacial score (nSPS) is 11.1. The minimum absolute atomic E-state index is 0.319. The predicted molar refractivity (Wildman–Crippen MR) is 62.1 cm³/mol. The number of phenols is 1. The van der Waals surface area contributed by atoms with Crippen LogP contribution in [0.4, 0.5) is 10.1 Å². The highest BCUT2D eigenvalue weighted by Gasteiger charge is 2.14. The number of guanidine groups is 2. The van der Waals surface area contributed by atoms with Gasteiger partial charge in [-0.15, -0.1) is 0 Å². The Morgan fingerprint density at radius 2 is 1.89 bits per heavy atom. The molecular formula is C9H10FN5O3. The Bertz CT molecular complexity index is 551. The Morgan fingerprint density at radius 3 is 2.39 bits per heavy atom. The maximum Gasteiger partial charge on any atom is 0.338 e. The van der Waals surface area contributed by atoms with Crippen molar-refractivity contribution in [3.05, 3.63) is 23.5 Å². The molecule has 8 nitrogen and oxygen atoms in total. The molecule has 1 aromatic rings. The van der Waals surface area contributed by atoms with E-state index < -0.39 is 29.1 Å². The van der Waals surface area contributed by atoms with Gasteiger partial charge in [-0.2, -0.15) is 4.99 Å². The highest BCUT2D eigenvalue weighted by molar-refractivity contribution is 5.98. The van der Waals surface area contributed by atoms with Crippen molar-refractivity contribution >= 4 is 23.6 Å². The zero-order chi connectivity index (χ0) is 13.9.